The third kappa shape index (κ3) is 4.21. The Kier molecular flexibility index (Phi) is 6.22. The Bertz CT molecular complexity index is 757. The molecule has 0 fully saturated rings. The number of hydrogen-bond donors (Lipinski definition) is 5. The number of nitrogens with one attached hydrogen (secondary N) is 1. The Morgan fingerprint density at radius 1 is 1.00 bits per heavy atom. The van der Waals surface area contributed by atoms with Crippen LogP contribution in [0.5, 0.6) is 0 Å². The zero-order valence-corrected chi connectivity index (χ0v) is 13.7. The Hall–Kier alpha value is -2.32. The first kappa shape index (κ1) is 19.0. The predicted octanol–water partition coefficient (Wildman–Crippen LogP) is -0.398. The van der Waals surface area contributed by atoms with Gasteiger partial charge < -0.3 is 25.7 Å². The zero-order chi connectivity index (χ0) is 18.6. The highest BCUT2D eigenvalue weighted by Crippen LogP contribution is 2.21. The molecule has 2 aromatic rings. The van der Waals surface area contributed by atoms with Crippen LogP contribution in [-0.2, 0) is 4.79 Å². The van der Waals surface area contributed by atoms with Crippen molar-refractivity contribution in [3.05, 3.63) is 48.0 Å². The van der Waals surface area contributed by atoms with E-state index in [0.717, 1.165) is 5.39 Å². The Morgan fingerprint density at radius 2 is 1.64 bits per heavy atom. The van der Waals surface area contributed by atoms with Crippen LogP contribution in [0.15, 0.2) is 42.5 Å². The molecule has 2 rings (SSSR count). The summed E-state index contributed by atoms with van der Waals surface area (Å²) in [5.41, 5.74) is 0.265. The maximum absolute atomic E-state index is 12.9. The molecule has 0 spiro atoms. The van der Waals surface area contributed by atoms with E-state index in [1.807, 2.05) is 18.2 Å². The first-order chi connectivity index (χ1) is 11.9. The third-order valence-electron chi connectivity index (χ3n) is 3.97. The number of ketones is 1. The van der Waals surface area contributed by atoms with Crippen molar-refractivity contribution in [2.45, 2.75) is 31.3 Å². The standard InChI is InChI=1S/C18H21NO6/c1-10(21)19-15(18(25)17(24)14(22)9-20)16(23)13-8-4-6-11-5-2-3-7-12(11)13/h2-8,14-15,17-18,20,22,24-25H,9H2,1H3,(H,19,21)/t14-,15+,17-,18-/m1/s1. The van der Waals surface area contributed by atoms with Crippen molar-refractivity contribution in [3.8, 4) is 0 Å². The first-order valence-electron chi connectivity index (χ1n) is 7.81. The lowest BCUT2D eigenvalue weighted by atomic mass is 9.91. The molecule has 7 heteroatoms. The van der Waals surface area contributed by atoms with Gasteiger partial charge in [0.1, 0.15) is 24.4 Å². The van der Waals surface area contributed by atoms with Gasteiger partial charge in [0.05, 0.1) is 6.61 Å². The Balaban J connectivity index is 2.43. The minimum Gasteiger partial charge on any atom is -0.394 e. The second-order valence-electron chi connectivity index (χ2n) is 5.80. The molecule has 0 unspecified atom stereocenters. The minimum atomic E-state index is -1.80. The van der Waals surface area contributed by atoms with Crippen LogP contribution >= 0.6 is 0 Å². The van der Waals surface area contributed by atoms with Crippen molar-refractivity contribution >= 4 is 22.5 Å². The lowest BCUT2D eigenvalue weighted by Crippen LogP contribution is -2.55. The number of hydrogen-bond acceptors (Lipinski definition) is 6. The fourth-order valence-electron chi connectivity index (χ4n) is 2.67. The van der Waals surface area contributed by atoms with Gasteiger partial charge in [0, 0.05) is 12.5 Å². The molecular weight excluding hydrogens is 326 g/mol. The molecule has 0 heterocycles. The molecule has 0 aromatic heterocycles. The van der Waals surface area contributed by atoms with E-state index < -0.39 is 42.7 Å². The molecule has 5 N–H and O–H groups in total. The molecule has 0 aliphatic rings. The normalized spacial score (nSPS) is 16.0. The highest BCUT2D eigenvalue weighted by atomic mass is 16.4. The minimum absolute atomic E-state index is 0.265. The van der Waals surface area contributed by atoms with Gasteiger partial charge in [0.25, 0.3) is 0 Å². The van der Waals surface area contributed by atoms with Gasteiger partial charge in [-0.1, -0.05) is 42.5 Å². The summed E-state index contributed by atoms with van der Waals surface area (Å²) < 4.78 is 0. The van der Waals surface area contributed by atoms with E-state index in [1.165, 1.54) is 6.92 Å². The summed E-state index contributed by atoms with van der Waals surface area (Å²) in [6, 6.07) is 10.7. The zero-order valence-electron chi connectivity index (χ0n) is 13.7. The van der Waals surface area contributed by atoms with Crippen molar-refractivity contribution in [2.24, 2.45) is 0 Å². The molecule has 25 heavy (non-hydrogen) atoms. The van der Waals surface area contributed by atoms with E-state index >= 15 is 0 Å². The molecule has 4 atom stereocenters. The smallest absolute Gasteiger partial charge is 0.217 e. The van der Waals surface area contributed by atoms with Gasteiger partial charge in [-0.2, -0.15) is 0 Å². The third-order valence-corrected chi connectivity index (χ3v) is 3.97. The second-order valence-corrected chi connectivity index (χ2v) is 5.80. The molecule has 1 amide bonds. The van der Waals surface area contributed by atoms with Crippen molar-refractivity contribution in [2.75, 3.05) is 6.61 Å². The SMILES string of the molecule is CC(=O)N[C@@H](C(=O)c1cccc2ccccc12)[C@@H](O)[C@H](O)[C@H](O)CO. The number of aliphatic hydroxyl groups excluding tert-OH is 4. The summed E-state index contributed by atoms with van der Waals surface area (Å²) in [5, 5.41) is 42.4. The molecule has 2 aromatic carbocycles. The number of benzene rings is 2. The van der Waals surface area contributed by atoms with Gasteiger partial charge in [-0.3, -0.25) is 9.59 Å². The molecule has 0 saturated heterocycles. The number of rotatable bonds is 7. The highest BCUT2D eigenvalue weighted by Gasteiger charge is 2.36. The lowest BCUT2D eigenvalue weighted by Gasteiger charge is -2.28. The van der Waals surface area contributed by atoms with Crippen molar-refractivity contribution in [1.29, 1.82) is 0 Å². The Labute approximate surface area is 144 Å². The van der Waals surface area contributed by atoms with Crippen LogP contribution in [-0.4, -0.2) is 63.1 Å². The number of carbonyl (C=O) groups excluding carboxylic acids is 2. The summed E-state index contributed by atoms with van der Waals surface area (Å²) in [6.07, 6.45) is -5.25. The molecule has 7 nitrogen and oxygen atoms in total. The molecule has 0 bridgehead atoms. The molecule has 0 aliphatic heterocycles. The van der Waals surface area contributed by atoms with E-state index in [2.05, 4.69) is 5.32 Å². The van der Waals surface area contributed by atoms with Crippen LogP contribution in [0.2, 0.25) is 0 Å². The second kappa shape index (κ2) is 8.17. The maximum atomic E-state index is 12.9. The van der Waals surface area contributed by atoms with Crippen LogP contribution in [0.3, 0.4) is 0 Å². The summed E-state index contributed by atoms with van der Waals surface area (Å²) in [5.74, 6) is -1.19. The summed E-state index contributed by atoms with van der Waals surface area (Å²) in [6.45, 7) is 0.373. The van der Waals surface area contributed by atoms with Gasteiger partial charge in [0.2, 0.25) is 5.91 Å². The van der Waals surface area contributed by atoms with Gasteiger partial charge in [-0.05, 0) is 10.8 Å². The number of fused-ring (bicyclic) bond motifs is 1. The average Bonchev–Trinajstić information content (AvgIpc) is 2.63. The highest BCUT2D eigenvalue weighted by molar-refractivity contribution is 6.11. The Morgan fingerprint density at radius 3 is 2.28 bits per heavy atom. The molecular formula is C18H21NO6. The van der Waals surface area contributed by atoms with Gasteiger partial charge >= 0.3 is 0 Å². The van der Waals surface area contributed by atoms with Crippen LogP contribution < -0.4 is 5.32 Å². The maximum Gasteiger partial charge on any atom is 0.217 e. The van der Waals surface area contributed by atoms with Crippen molar-refractivity contribution < 1.29 is 30.0 Å². The topological polar surface area (TPSA) is 127 Å². The predicted molar refractivity (Wildman–Crippen MR) is 91.0 cm³/mol. The number of Topliss-reactive ketones (excluding diaryl/α,β-unsaturated/α-hetero) is 1. The van der Waals surface area contributed by atoms with E-state index in [4.69, 9.17) is 5.11 Å². The van der Waals surface area contributed by atoms with Crippen molar-refractivity contribution in [3.63, 3.8) is 0 Å². The molecule has 0 aliphatic carbocycles. The van der Waals surface area contributed by atoms with E-state index in [9.17, 15) is 24.9 Å². The van der Waals surface area contributed by atoms with E-state index in [0.29, 0.717) is 5.39 Å². The quantitative estimate of drug-likeness (QED) is 0.434. The van der Waals surface area contributed by atoms with Crippen LogP contribution in [0.25, 0.3) is 10.8 Å². The fraction of sp³-hybridized carbons (Fsp3) is 0.333. The van der Waals surface area contributed by atoms with Crippen LogP contribution in [0.1, 0.15) is 17.3 Å². The van der Waals surface area contributed by atoms with Crippen molar-refractivity contribution in [1.82, 2.24) is 5.32 Å². The van der Waals surface area contributed by atoms with Gasteiger partial charge in [-0.15, -0.1) is 0 Å². The molecule has 0 saturated carbocycles. The average molecular weight is 347 g/mol. The fourth-order valence-corrected chi connectivity index (χ4v) is 2.67. The number of carbonyl (C=O) groups is 2. The molecule has 0 radical (unpaired) electrons. The summed E-state index contributed by atoms with van der Waals surface area (Å²) in [4.78, 5) is 24.4. The number of aliphatic hydroxyl groups is 4. The van der Waals surface area contributed by atoms with Gasteiger partial charge in [0.15, 0.2) is 5.78 Å². The monoisotopic (exact) mass is 347 g/mol. The summed E-state index contributed by atoms with van der Waals surface area (Å²) >= 11 is 0. The largest absolute Gasteiger partial charge is 0.394 e. The number of amides is 1. The lowest BCUT2D eigenvalue weighted by molar-refractivity contribution is -0.122. The van der Waals surface area contributed by atoms with Crippen LogP contribution in [0.4, 0.5) is 0 Å². The summed E-state index contributed by atoms with van der Waals surface area (Å²) in [7, 11) is 0. The molecule has 134 valence electrons. The van der Waals surface area contributed by atoms with Crippen LogP contribution in [0, 0.1) is 0 Å². The van der Waals surface area contributed by atoms with Gasteiger partial charge in [-0.25, -0.2) is 0 Å². The first-order valence-corrected chi connectivity index (χ1v) is 7.81. The van der Waals surface area contributed by atoms with E-state index in [-0.39, 0.29) is 5.56 Å². The van der Waals surface area contributed by atoms with E-state index in [1.54, 1.807) is 24.3 Å².